The smallest absolute Gasteiger partial charge is 0.303 e. The van der Waals surface area contributed by atoms with Crippen molar-refractivity contribution in [2.45, 2.75) is 115 Å². The van der Waals surface area contributed by atoms with Crippen LogP contribution in [0.15, 0.2) is 84.9 Å². The molecule has 2 saturated heterocycles. The Morgan fingerprint density at radius 3 is 1.42 bits per heavy atom. The molecule has 64 heavy (non-hydrogen) atoms. The first-order valence-electron chi connectivity index (χ1n) is 20.4. The first kappa shape index (κ1) is 51.9. The van der Waals surface area contributed by atoms with E-state index in [9.17, 15) is 34.8 Å². The van der Waals surface area contributed by atoms with E-state index in [1.54, 1.807) is 44.6 Å². The molecule has 2 aliphatic heterocycles. The predicted molar refractivity (Wildman–Crippen MR) is 239 cm³/mol. The Morgan fingerprint density at radius 1 is 0.578 bits per heavy atom. The maximum atomic E-state index is 12.1. The largest absolute Gasteiger partial charge is 0.497 e. The number of carbonyl (C=O) groups excluding carboxylic acids is 3. The highest BCUT2D eigenvalue weighted by Gasteiger charge is 2.51. The summed E-state index contributed by atoms with van der Waals surface area (Å²) >= 11 is 12.9. The summed E-state index contributed by atoms with van der Waals surface area (Å²) in [5.74, 6) is -0.230. The maximum absolute atomic E-state index is 12.1. The van der Waals surface area contributed by atoms with E-state index in [1.165, 1.54) is 20.8 Å². The van der Waals surface area contributed by atoms with Gasteiger partial charge in [-0.05, 0) is 89.0 Å². The fourth-order valence-corrected chi connectivity index (χ4v) is 7.98. The standard InChI is InChI=1S/C27H31ClO8.C20H23ClO6.CH4/c1-6-23-25(33-15(2)29)27(35-17(4)31)26(34-16(3)30)24(36-23)19-9-12-22(28)20(14-19)13-18-7-10-21(32-5)11-8-18;1-26-14-5-2-11(3-6-14)8-13-9-12(4-7-15(13)21)20-19(25)18(24)17(23)16(10-22)27-20;/h7-12,14,23-27H,6,13H2,1-5H3;2-7,9,16-20,22-25H,8,10H2,1H3;1H4/t23-,24+,25-,26+,27+;16-,17-,18+,19-,20+;/m11./s1. The first-order valence-corrected chi connectivity index (χ1v) is 21.1. The quantitative estimate of drug-likeness (QED) is 0.0819. The van der Waals surface area contributed by atoms with Crippen LogP contribution in [0, 0.1) is 0 Å². The van der Waals surface area contributed by atoms with Crippen molar-refractivity contribution in [3.05, 3.63) is 128 Å². The number of esters is 3. The molecule has 4 aromatic carbocycles. The van der Waals surface area contributed by atoms with Crippen LogP contribution in [0.1, 0.15) is 87.1 Å². The zero-order valence-electron chi connectivity index (χ0n) is 35.8. The number of hydrogen-bond donors (Lipinski definition) is 4. The molecule has 0 bridgehead atoms. The van der Waals surface area contributed by atoms with Crippen LogP contribution < -0.4 is 9.47 Å². The second kappa shape index (κ2) is 24.0. The number of ether oxygens (including phenoxy) is 7. The van der Waals surface area contributed by atoms with Crippen molar-refractivity contribution in [3.8, 4) is 11.5 Å². The third-order valence-electron chi connectivity index (χ3n) is 10.7. The highest BCUT2D eigenvalue weighted by atomic mass is 35.5. The van der Waals surface area contributed by atoms with Crippen LogP contribution in [0.25, 0.3) is 0 Å². The molecule has 16 heteroatoms. The molecule has 0 aromatic heterocycles. The lowest BCUT2D eigenvalue weighted by atomic mass is 9.88. The van der Waals surface area contributed by atoms with Gasteiger partial charge >= 0.3 is 17.9 Å². The van der Waals surface area contributed by atoms with Crippen molar-refractivity contribution in [1.29, 1.82) is 0 Å². The molecule has 2 fully saturated rings. The van der Waals surface area contributed by atoms with Gasteiger partial charge in [-0.1, -0.05) is 86.1 Å². The number of aliphatic hydroxyl groups is 4. The van der Waals surface area contributed by atoms with Crippen LogP contribution in [-0.2, 0) is 50.9 Å². The molecule has 2 aliphatic rings. The number of carbonyl (C=O) groups is 3. The van der Waals surface area contributed by atoms with Gasteiger partial charge in [0.2, 0.25) is 0 Å². The van der Waals surface area contributed by atoms with Crippen molar-refractivity contribution in [2.24, 2.45) is 0 Å². The number of halogens is 2. The molecular formula is C48H58Cl2O14. The maximum Gasteiger partial charge on any atom is 0.303 e. The molecule has 6 rings (SSSR count). The monoisotopic (exact) mass is 928 g/mol. The zero-order chi connectivity index (χ0) is 46.0. The molecule has 10 atom stereocenters. The lowest BCUT2D eigenvalue weighted by molar-refractivity contribution is -0.249. The van der Waals surface area contributed by atoms with Crippen LogP contribution in [0.5, 0.6) is 11.5 Å². The molecule has 2 heterocycles. The Balaban J connectivity index is 0.000000287. The second-order valence-electron chi connectivity index (χ2n) is 15.2. The van der Waals surface area contributed by atoms with Crippen LogP contribution in [0.4, 0.5) is 0 Å². The Labute approximate surface area is 383 Å². The molecule has 0 aliphatic carbocycles. The van der Waals surface area contributed by atoms with Gasteiger partial charge in [0.05, 0.1) is 26.9 Å². The van der Waals surface area contributed by atoms with Gasteiger partial charge < -0.3 is 53.6 Å². The summed E-state index contributed by atoms with van der Waals surface area (Å²) in [5.41, 5.74) is 5.02. The minimum absolute atomic E-state index is 0. The molecule has 14 nitrogen and oxygen atoms in total. The summed E-state index contributed by atoms with van der Waals surface area (Å²) < 4.78 is 39.0. The summed E-state index contributed by atoms with van der Waals surface area (Å²) in [6.07, 6.45) is -8.82. The SMILES string of the molecule is C.CC[C@H]1O[C@@H](c2ccc(Cl)c(Cc3ccc(OC)cc3)c2)[C@H](OC(C)=O)[C@@H](OC(C)=O)[C@@H]1OC(C)=O.COc1ccc(Cc2cc([C@@H]3O[C@H](CO)[C@@H](O)[C@H](O)[C@H]3O)ccc2Cl)cc1. The van der Waals surface area contributed by atoms with Gasteiger partial charge in [0.25, 0.3) is 0 Å². The Bertz CT molecular complexity index is 2150. The van der Waals surface area contributed by atoms with E-state index in [0.717, 1.165) is 33.8 Å². The number of methoxy groups -OCH3 is 2. The van der Waals surface area contributed by atoms with Crippen LogP contribution in [-0.4, -0.2) is 108 Å². The van der Waals surface area contributed by atoms with E-state index >= 15 is 0 Å². The summed E-state index contributed by atoms with van der Waals surface area (Å²) in [6, 6.07) is 25.9. The molecule has 4 aromatic rings. The Kier molecular flexibility index (Phi) is 19.4. The minimum atomic E-state index is -1.42. The first-order chi connectivity index (χ1) is 30.1. The topological polar surface area (TPSA) is 197 Å². The predicted octanol–water partition coefficient (Wildman–Crippen LogP) is 6.67. The van der Waals surface area contributed by atoms with Gasteiger partial charge in [0, 0.05) is 30.8 Å². The number of benzene rings is 4. The van der Waals surface area contributed by atoms with Crippen LogP contribution in [0.2, 0.25) is 10.0 Å². The lowest BCUT2D eigenvalue weighted by Gasteiger charge is -2.44. The fourth-order valence-electron chi connectivity index (χ4n) is 7.61. The molecule has 348 valence electrons. The minimum Gasteiger partial charge on any atom is -0.497 e. The van der Waals surface area contributed by atoms with Crippen LogP contribution >= 0.6 is 23.2 Å². The highest BCUT2D eigenvalue weighted by Crippen LogP contribution is 2.40. The van der Waals surface area contributed by atoms with Gasteiger partial charge in [0.1, 0.15) is 48.1 Å². The van der Waals surface area contributed by atoms with E-state index in [2.05, 4.69) is 0 Å². The highest BCUT2D eigenvalue weighted by molar-refractivity contribution is 6.31. The molecule has 0 amide bonds. The Morgan fingerprint density at radius 2 is 1.00 bits per heavy atom. The average molecular weight is 930 g/mol. The number of aliphatic hydroxyl groups excluding tert-OH is 4. The Hall–Kier alpha value is -4.77. The van der Waals surface area contributed by atoms with E-state index in [4.69, 9.17) is 56.4 Å². The van der Waals surface area contributed by atoms with Crippen molar-refractivity contribution < 1.29 is 68.0 Å². The van der Waals surface area contributed by atoms with E-state index < -0.39 is 85.6 Å². The van der Waals surface area contributed by atoms with Crippen molar-refractivity contribution in [1.82, 2.24) is 0 Å². The van der Waals surface area contributed by atoms with E-state index in [-0.39, 0.29) is 7.43 Å². The van der Waals surface area contributed by atoms with Gasteiger partial charge in [-0.15, -0.1) is 0 Å². The van der Waals surface area contributed by atoms with Gasteiger partial charge in [-0.25, -0.2) is 0 Å². The summed E-state index contributed by atoms with van der Waals surface area (Å²) in [6.45, 7) is 5.16. The molecular weight excluding hydrogens is 871 g/mol. The fraction of sp³-hybridized carbons (Fsp3) is 0.438. The van der Waals surface area contributed by atoms with Gasteiger partial charge in [-0.2, -0.15) is 0 Å². The molecule has 0 unspecified atom stereocenters. The van der Waals surface area contributed by atoms with Gasteiger partial charge in [0.15, 0.2) is 18.3 Å². The molecule has 4 N–H and O–H groups in total. The third-order valence-corrected chi connectivity index (χ3v) is 11.5. The van der Waals surface area contributed by atoms with Crippen molar-refractivity contribution in [2.75, 3.05) is 20.8 Å². The van der Waals surface area contributed by atoms with Gasteiger partial charge in [-0.3, -0.25) is 14.4 Å². The number of rotatable bonds is 13. The normalized spacial score (nSPS) is 25.1. The summed E-state index contributed by atoms with van der Waals surface area (Å²) in [4.78, 5) is 35.9. The van der Waals surface area contributed by atoms with E-state index in [0.29, 0.717) is 40.4 Å². The molecule has 0 spiro atoms. The average Bonchev–Trinajstić information content (AvgIpc) is 3.26. The third kappa shape index (κ3) is 13.2. The van der Waals surface area contributed by atoms with Crippen molar-refractivity contribution in [3.63, 3.8) is 0 Å². The number of hydrogen-bond acceptors (Lipinski definition) is 14. The summed E-state index contributed by atoms with van der Waals surface area (Å²) in [5, 5.41) is 40.8. The van der Waals surface area contributed by atoms with Crippen LogP contribution in [0.3, 0.4) is 0 Å². The lowest BCUT2D eigenvalue weighted by Crippen LogP contribution is -2.58. The molecule has 0 radical (unpaired) electrons. The summed E-state index contributed by atoms with van der Waals surface area (Å²) in [7, 11) is 3.22. The van der Waals surface area contributed by atoms with E-state index in [1.807, 2.05) is 61.5 Å². The zero-order valence-corrected chi connectivity index (χ0v) is 37.3. The second-order valence-corrected chi connectivity index (χ2v) is 16.0. The van der Waals surface area contributed by atoms with Crippen molar-refractivity contribution >= 4 is 41.1 Å². The molecule has 0 saturated carbocycles.